The molecule has 3 aromatic carbocycles. The van der Waals surface area contributed by atoms with Gasteiger partial charge in [-0.3, -0.25) is 0 Å². The Bertz CT molecular complexity index is 816. The second kappa shape index (κ2) is 7.17. The van der Waals surface area contributed by atoms with Crippen LogP contribution in [0.5, 0.6) is 0 Å². The quantitative estimate of drug-likeness (QED) is 0.582. The van der Waals surface area contributed by atoms with E-state index >= 15 is 0 Å². The molecule has 0 heterocycles. The molecular weight excluding hydrogens is 384 g/mol. The molecule has 0 aromatic heterocycles. The van der Waals surface area contributed by atoms with Gasteiger partial charge >= 0.3 is 157 Å². The van der Waals surface area contributed by atoms with Gasteiger partial charge in [-0.15, -0.1) is 0 Å². The molecule has 1 atom stereocenters. The molecule has 0 fully saturated rings. The van der Waals surface area contributed by atoms with Crippen LogP contribution in [0.15, 0.2) is 90.5 Å². The third-order valence-electron chi connectivity index (χ3n) is 4.74. The summed E-state index contributed by atoms with van der Waals surface area (Å²) in [5, 5.41) is 3.24. The summed E-state index contributed by atoms with van der Waals surface area (Å²) in [5.74, 6) is -1.07. The van der Waals surface area contributed by atoms with Crippen LogP contribution in [-0.2, 0) is 22.4 Å². The van der Waals surface area contributed by atoms with E-state index in [4.69, 9.17) is 0 Å². The first-order valence-corrected chi connectivity index (χ1v) is 15.9. The fraction of sp³-hybridized carbons (Fsp3) is 0.0909. The summed E-state index contributed by atoms with van der Waals surface area (Å²) in [6.45, 7) is 2.34. The molecule has 4 rings (SSSR count). The van der Waals surface area contributed by atoms with Crippen LogP contribution in [-0.4, -0.2) is 5.92 Å². The van der Waals surface area contributed by atoms with Crippen LogP contribution in [0.25, 0.3) is 6.08 Å². The van der Waals surface area contributed by atoms with Gasteiger partial charge in [-0.2, -0.15) is 0 Å². The summed E-state index contributed by atoms with van der Waals surface area (Å²) >= 11 is -0.625. The summed E-state index contributed by atoms with van der Waals surface area (Å²) < 4.78 is 0.738. The van der Waals surface area contributed by atoms with Gasteiger partial charge in [-0.1, -0.05) is 0 Å². The summed E-state index contributed by atoms with van der Waals surface area (Å²) in [6.07, 6.45) is 2.42. The van der Waals surface area contributed by atoms with Crippen molar-refractivity contribution in [3.8, 4) is 0 Å². The Morgan fingerprint density at radius 2 is 1.25 bits per heavy atom. The fourth-order valence-corrected chi connectivity index (χ4v) is 18.6. The molecule has 0 bridgehead atoms. The van der Waals surface area contributed by atoms with Gasteiger partial charge in [0.25, 0.3) is 0 Å². The van der Waals surface area contributed by atoms with Gasteiger partial charge in [-0.25, -0.2) is 0 Å². The molecule has 2 heteroatoms. The van der Waals surface area contributed by atoms with Crippen LogP contribution in [0.1, 0.15) is 21.7 Å². The number of hydrogen-bond acceptors (Lipinski definition) is 0. The predicted octanol–water partition coefficient (Wildman–Crippen LogP) is 3.77. The van der Waals surface area contributed by atoms with Crippen molar-refractivity contribution >= 4 is 22.4 Å². The number of rotatable bonds is 4. The molecule has 0 saturated heterocycles. The van der Waals surface area contributed by atoms with E-state index in [0.717, 1.165) is 3.63 Å². The molecule has 116 valence electrons. The average molecular weight is 404 g/mol. The SMILES string of the molecule is CC1=Cc2ccccc2[CH]1[Zr][SiH](c1ccccc1)c1ccccc1. The van der Waals surface area contributed by atoms with Crippen molar-refractivity contribution in [1.29, 1.82) is 0 Å². The van der Waals surface area contributed by atoms with Crippen molar-refractivity contribution in [2.45, 2.75) is 10.5 Å². The zero-order chi connectivity index (χ0) is 16.4. The molecule has 0 aliphatic heterocycles. The fourth-order valence-electron chi connectivity index (χ4n) is 3.54. The number of allylic oxidation sites excluding steroid dienone is 1. The molecule has 0 N–H and O–H groups in total. The normalized spacial score (nSPS) is 15.9. The average Bonchev–Trinajstić information content (AvgIpc) is 2.96. The Morgan fingerprint density at radius 1 is 0.708 bits per heavy atom. The van der Waals surface area contributed by atoms with E-state index in [2.05, 4.69) is 97.9 Å². The number of fused-ring (bicyclic) bond motifs is 1. The molecular formula is C22H20SiZr. The molecule has 0 radical (unpaired) electrons. The first kappa shape index (κ1) is 16.0. The van der Waals surface area contributed by atoms with E-state index in [-0.39, 0.29) is 0 Å². The Labute approximate surface area is 156 Å². The van der Waals surface area contributed by atoms with Crippen molar-refractivity contribution in [2.24, 2.45) is 0 Å². The van der Waals surface area contributed by atoms with Crippen molar-refractivity contribution < 1.29 is 22.4 Å². The molecule has 0 amide bonds. The van der Waals surface area contributed by atoms with Gasteiger partial charge in [0, 0.05) is 0 Å². The second-order valence-corrected chi connectivity index (χ2v) is 17.0. The standard InChI is InChI=1S/C12H11Si.C10H9.Zr/c1-3-7-11(8-4-1)13-12-9-5-2-6-10-12;1-8-6-9-4-2-3-5-10(9)7-8;/h1-10,13H;2-7H,1H3;. The molecule has 24 heavy (non-hydrogen) atoms. The third kappa shape index (κ3) is 3.18. The van der Waals surface area contributed by atoms with E-state index in [1.54, 1.807) is 21.5 Å². The maximum atomic E-state index is 2.42. The Morgan fingerprint density at radius 3 is 1.88 bits per heavy atom. The predicted molar refractivity (Wildman–Crippen MR) is 102 cm³/mol. The zero-order valence-corrected chi connectivity index (χ0v) is 17.4. The van der Waals surface area contributed by atoms with Crippen molar-refractivity contribution in [1.82, 2.24) is 0 Å². The van der Waals surface area contributed by atoms with Gasteiger partial charge < -0.3 is 0 Å². The minimum atomic E-state index is -1.07. The molecule has 0 spiro atoms. The van der Waals surface area contributed by atoms with Crippen LogP contribution >= 0.6 is 0 Å². The maximum absolute atomic E-state index is 2.42. The Hall–Kier alpha value is -1.50. The van der Waals surface area contributed by atoms with Crippen LogP contribution < -0.4 is 10.4 Å². The van der Waals surface area contributed by atoms with Gasteiger partial charge in [0.2, 0.25) is 0 Å². The van der Waals surface area contributed by atoms with Crippen LogP contribution in [0, 0.1) is 0 Å². The van der Waals surface area contributed by atoms with Gasteiger partial charge in [0.15, 0.2) is 0 Å². The van der Waals surface area contributed by atoms with Crippen molar-refractivity contribution in [3.63, 3.8) is 0 Å². The van der Waals surface area contributed by atoms with E-state index in [1.165, 1.54) is 5.56 Å². The topological polar surface area (TPSA) is 0 Å². The van der Waals surface area contributed by atoms with E-state index < -0.39 is 28.3 Å². The molecule has 1 aliphatic rings. The van der Waals surface area contributed by atoms with E-state index in [1.807, 2.05) is 0 Å². The van der Waals surface area contributed by atoms with Gasteiger partial charge in [0.05, 0.1) is 0 Å². The van der Waals surface area contributed by atoms with Gasteiger partial charge in [0.1, 0.15) is 0 Å². The number of benzene rings is 3. The second-order valence-electron chi connectivity index (χ2n) is 6.37. The van der Waals surface area contributed by atoms with Gasteiger partial charge in [-0.05, 0) is 0 Å². The summed E-state index contributed by atoms with van der Waals surface area (Å²) in [5.41, 5.74) is 4.63. The Balaban J connectivity index is 1.72. The van der Waals surface area contributed by atoms with Crippen LogP contribution in [0.4, 0.5) is 0 Å². The van der Waals surface area contributed by atoms with Crippen molar-refractivity contribution in [3.05, 3.63) is 102 Å². The molecule has 1 unspecified atom stereocenters. The summed E-state index contributed by atoms with van der Waals surface area (Å²) in [7, 11) is 0. The first-order valence-electron chi connectivity index (χ1n) is 8.46. The zero-order valence-electron chi connectivity index (χ0n) is 13.8. The monoisotopic (exact) mass is 402 g/mol. The molecule has 0 saturated carbocycles. The molecule has 1 aliphatic carbocycles. The van der Waals surface area contributed by atoms with Crippen LogP contribution in [0.3, 0.4) is 0 Å². The van der Waals surface area contributed by atoms with E-state index in [9.17, 15) is 0 Å². The molecule has 3 aromatic rings. The summed E-state index contributed by atoms with van der Waals surface area (Å²) in [6, 6.07) is 31.6. The third-order valence-corrected chi connectivity index (χ3v) is 19.2. The first-order chi connectivity index (χ1) is 11.8. The Kier molecular flexibility index (Phi) is 4.78. The summed E-state index contributed by atoms with van der Waals surface area (Å²) in [4.78, 5) is 0. The van der Waals surface area contributed by atoms with Crippen LogP contribution in [0.2, 0.25) is 0 Å². The molecule has 0 nitrogen and oxygen atoms in total. The minimum absolute atomic E-state index is 0.625. The number of hydrogen-bond donors (Lipinski definition) is 0. The van der Waals surface area contributed by atoms with E-state index in [0.29, 0.717) is 0 Å². The van der Waals surface area contributed by atoms with Crippen molar-refractivity contribution in [2.75, 3.05) is 0 Å².